The Bertz CT molecular complexity index is 1720. The van der Waals surface area contributed by atoms with Gasteiger partial charge in [-0.25, -0.2) is 17.9 Å². The van der Waals surface area contributed by atoms with Gasteiger partial charge in [0.2, 0.25) is 10.0 Å². The summed E-state index contributed by atoms with van der Waals surface area (Å²) in [6.45, 7) is 1.38. The molecule has 3 aliphatic carbocycles. The lowest BCUT2D eigenvalue weighted by atomic mass is 9.75. The zero-order chi connectivity index (χ0) is 30.0. The SMILES string of the molecule is CN(C)C(=O)c1c(CNS(=O)(=O)C2CC2)c2cccc3c2n1CCCN1C2=CC(C(=O)O)=CCC2C(C2CCCCC2)=C31. The van der Waals surface area contributed by atoms with E-state index in [4.69, 9.17) is 0 Å². The summed E-state index contributed by atoms with van der Waals surface area (Å²) in [5.41, 5.74) is 7.28. The maximum Gasteiger partial charge on any atom is 0.335 e. The molecule has 9 nitrogen and oxygen atoms in total. The van der Waals surface area contributed by atoms with Gasteiger partial charge in [-0.3, -0.25) is 4.79 Å². The van der Waals surface area contributed by atoms with Gasteiger partial charge >= 0.3 is 5.97 Å². The lowest BCUT2D eigenvalue weighted by Gasteiger charge is -2.30. The van der Waals surface area contributed by atoms with E-state index in [2.05, 4.69) is 20.3 Å². The monoisotopic (exact) mass is 604 g/mol. The summed E-state index contributed by atoms with van der Waals surface area (Å²) in [5, 5.41) is 10.4. The number of nitrogens with one attached hydrogen (secondary N) is 1. The zero-order valence-corrected chi connectivity index (χ0v) is 25.8. The van der Waals surface area contributed by atoms with Crippen molar-refractivity contribution in [2.75, 3.05) is 20.6 Å². The molecule has 2 N–H and O–H groups in total. The van der Waals surface area contributed by atoms with E-state index in [1.807, 2.05) is 24.3 Å². The van der Waals surface area contributed by atoms with Crippen LogP contribution in [0.15, 0.2) is 47.2 Å². The lowest BCUT2D eigenvalue weighted by molar-refractivity contribution is -0.132. The molecule has 0 radical (unpaired) electrons. The van der Waals surface area contributed by atoms with Crippen LogP contribution in [0.3, 0.4) is 0 Å². The number of hydrogen-bond donors (Lipinski definition) is 2. The highest BCUT2D eigenvalue weighted by Crippen LogP contribution is 2.53. The van der Waals surface area contributed by atoms with Crippen molar-refractivity contribution in [3.8, 4) is 0 Å². The number of sulfonamides is 1. The van der Waals surface area contributed by atoms with Crippen molar-refractivity contribution in [2.45, 2.75) is 76.1 Å². The second-order valence-electron chi connectivity index (χ2n) is 12.9. The van der Waals surface area contributed by atoms with Gasteiger partial charge in [0.05, 0.1) is 22.0 Å². The molecule has 43 heavy (non-hydrogen) atoms. The first-order valence-corrected chi connectivity index (χ1v) is 17.2. The summed E-state index contributed by atoms with van der Waals surface area (Å²) >= 11 is 0. The molecule has 1 amide bonds. The van der Waals surface area contributed by atoms with E-state index in [9.17, 15) is 23.1 Å². The lowest BCUT2D eigenvalue weighted by Crippen LogP contribution is -2.30. The molecular formula is C33H40N4O5S. The Morgan fingerprint density at radius 2 is 1.81 bits per heavy atom. The largest absolute Gasteiger partial charge is 0.478 e. The molecule has 1 unspecified atom stereocenters. The number of carbonyl (C=O) groups is 2. The van der Waals surface area contributed by atoms with E-state index in [0.29, 0.717) is 49.5 Å². The fourth-order valence-corrected chi connectivity index (χ4v) is 9.19. The Hall–Kier alpha value is -3.37. The van der Waals surface area contributed by atoms with Crippen LogP contribution < -0.4 is 4.72 Å². The maximum absolute atomic E-state index is 13.8. The van der Waals surface area contributed by atoms with Gasteiger partial charge in [0, 0.05) is 61.9 Å². The Morgan fingerprint density at radius 1 is 1.05 bits per heavy atom. The average Bonchev–Trinajstić information content (AvgIpc) is 3.75. The number of nitrogens with zero attached hydrogens (tertiary/aromatic N) is 3. The van der Waals surface area contributed by atoms with E-state index in [-0.39, 0.29) is 23.6 Å². The van der Waals surface area contributed by atoms with Crippen LogP contribution in [-0.2, 0) is 27.9 Å². The van der Waals surface area contributed by atoms with Crippen molar-refractivity contribution < 1.29 is 23.1 Å². The van der Waals surface area contributed by atoms with E-state index in [1.54, 1.807) is 19.0 Å². The third-order valence-corrected chi connectivity index (χ3v) is 11.9. The van der Waals surface area contributed by atoms with Gasteiger partial charge < -0.3 is 19.5 Å². The Kier molecular flexibility index (Phi) is 7.04. The van der Waals surface area contributed by atoms with Crippen LogP contribution in [-0.4, -0.2) is 65.7 Å². The van der Waals surface area contributed by atoms with Gasteiger partial charge in [-0.15, -0.1) is 0 Å². The Labute approximate surface area is 253 Å². The van der Waals surface area contributed by atoms with Crippen LogP contribution in [0.2, 0.25) is 0 Å². The number of para-hydroxylation sites is 1. The fraction of sp³-hybridized carbons (Fsp3) is 0.515. The Morgan fingerprint density at radius 3 is 2.51 bits per heavy atom. The standard InChI is InChI=1S/C33H40N4O5S/c1-35(2)32(38)31-26(19-34-43(41,42)22-13-14-22)23-10-6-11-25-29(23)37(31)17-7-16-36-27-18-21(33(39)40)12-15-24(27)28(30(25)36)20-8-4-3-5-9-20/h6,10-12,18,20,22,24,34H,3-5,7-9,13-17,19H2,1-2H3,(H,39,40). The summed E-state index contributed by atoms with van der Waals surface area (Å²) in [7, 11) is 0.0258. The molecule has 2 aromatic rings. The molecule has 0 spiro atoms. The maximum atomic E-state index is 13.8. The predicted molar refractivity (Wildman–Crippen MR) is 165 cm³/mol. The number of aromatic nitrogens is 1. The molecule has 2 fully saturated rings. The number of allylic oxidation sites excluding steroid dienone is 2. The topological polar surface area (TPSA) is 112 Å². The minimum absolute atomic E-state index is 0.0681. The quantitative estimate of drug-likeness (QED) is 0.468. The van der Waals surface area contributed by atoms with Crippen molar-refractivity contribution in [3.05, 3.63) is 64.0 Å². The number of carboxylic acid groups (broad SMARTS) is 1. The third kappa shape index (κ3) is 4.73. The highest BCUT2D eigenvalue weighted by Gasteiger charge is 2.43. The first kappa shape index (κ1) is 28.4. The van der Waals surface area contributed by atoms with E-state index < -0.39 is 16.0 Å². The molecule has 0 saturated heterocycles. The van der Waals surface area contributed by atoms with Crippen LogP contribution in [0.1, 0.15) is 79.4 Å². The van der Waals surface area contributed by atoms with Crippen LogP contribution in [0.5, 0.6) is 0 Å². The minimum atomic E-state index is -3.45. The highest BCUT2D eigenvalue weighted by molar-refractivity contribution is 7.90. The van der Waals surface area contributed by atoms with Crippen molar-refractivity contribution in [2.24, 2.45) is 11.8 Å². The van der Waals surface area contributed by atoms with Crippen molar-refractivity contribution in [1.29, 1.82) is 0 Å². The number of rotatable bonds is 7. The summed E-state index contributed by atoms with van der Waals surface area (Å²) in [4.78, 5) is 29.8. The molecule has 1 aromatic heterocycles. The number of benzene rings is 1. The Balaban J connectivity index is 1.46. The van der Waals surface area contributed by atoms with Gasteiger partial charge in [0.25, 0.3) is 5.91 Å². The number of fused-ring (bicyclic) bond motifs is 4. The molecule has 3 heterocycles. The predicted octanol–water partition coefficient (Wildman–Crippen LogP) is 4.85. The molecule has 228 valence electrons. The molecule has 1 atom stereocenters. The number of hydrogen-bond acceptors (Lipinski definition) is 5. The van der Waals surface area contributed by atoms with Crippen LogP contribution in [0.4, 0.5) is 0 Å². The van der Waals surface area contributed by atoms with Gasteiger partial charge in [0.1, 0.15) is 5.69 Å². The molecular weight excluding hydrogens is 564 g/mol. The first-order valence-electron chi connectivity index (χ1n) is 15.7. The summed E-state index contributed by atoms with van der Waals surface area (Å²) in [6.07, 6.45) is 12.4. The van der Waals surface area contributed by atoms with Gasteiger partial charge in [-0.1, -0.05) is 43.5 Å². The first-order chi connectivity index (χ1) is 20.7. The number of aliphatic carboxylic acids is 1. The second kappa shape index (κ2) is 10.7. The average molecular weight is 605 g/mol. The number of carboxylic acids is 1. The summed E-state index contributed by atoms with van der Waals surface area (Å²) in [6, 6.07) is 6.18. The zero-order valence-electron chi connectivity index (χ0n) is 24.9. The minimum Gasteiger partial charge on any atom is -0.478 e. The number of amides is 1. The molecule has 2 saturated carbocycles. The molecule has 7 rings (SSSR count). The number of aryl methyl sites for hydroxylation is 1. The van der Waals surface area contributed by atoms with Crippen LogP contribution in [0, 0.1) is 11.8 Å². The summed E-state index contributed by atoms with van der Waals surface area (Å²) < 4.78 is 30.7. The fourth-order valence-electron chi connectivity index (χ4n) is 7.85. The van der Waals surface area contributed by atoms with E-state index in [1.165, 1.54) is 30.5 Å². The van der Waals surface area contributed by atoms with Gasteiger partial charge in [-0.2, -0.15) is 0 Å². The molecule has 0 bridgehead atoms. The van der Waals surface area contributed by atoms with Crippen molar-refractivity contribution in [1.82, 2.24) is 19.1 Å². The van der Waals surface area contributed by atoms with Gasteiger partial charge in [0.15, 0.2) is 0 Å². The molecule has 1 aromatic carbocycles. The van der Waals surface area contributed by atoms with E-state index in [0.717, 1.165) is 47.0 Å². The van der Waals surface area contributed by atoms with Gasteiger partial charge in [-0.05, 0) is 56.1 Å². The highest BCUT2D eigenvalue weighted by atomic mass is 32.2. The van der Waals surface area contributed by atoms with Crippen molar-refractivity contribution in [3.63, 3.8) is 0 Å². The molecule has 5 aliphatic rings. The normalized spacial score (nSPS) is 22.5. The number of carbonyl (C=O) groups excluding carboxylic acids is 1. The molecule has 2 aliphatic heterocycles. The smallest absolute Gasteiger partial charge is 0.335 e. The van der Waals surface area contributed by atoms with Crippen LogP contribution in [0.25, 0.3) is 16.6 Å². The molecule has 10 heteroatoms. The summed E-state index contributed by atoms with van der Waals surface area (Å²) in [5.74, 6) is -0.468. The van der Waals surface area contributed by atoms with Crippen molar-refractivity contribution >= 4 is 38.5 Å². The third-order valence-electron chi connectivity index (χ3n) is 9.98. The second-order valence-corrected chi connectivity index (χ2v) is 15.0. The van der Waals surface area contributed by atoms with E-state index >= 15 is 0 Å². The van der Waals surface area contributed by atoms with Crippen LogP contribution >= 0.6 is 0 Å².